The van der Waals surface area contributed by atoms with Crippen molar-refractivity contribution in [1.29, 1.82) is 0 Å². The van der Waals surface area contributed by atoms with Crippen molar-refractivity contribution >= 4 is 29.1 Å². The highest BCUT2D eigenvalue weighted by Crippen LogP contribution is 2.29. The van der Waals surface area contributed by atoms with Gasteiger partial charge in [0.1, 0.15) is 41.2 Å². The Bertz CT molecular complexity index is 1390. The van der Waals surface area contributed by atoms with E-state index in [4.69, 9.17) is 21.7 Å². The molecule has 0 radical (unpaired) electrons. The second-order valence-corrected chi connectivity index (χ2v) is 10.6. The standard InChI is InChI=1S/C26H28F6N6O4S/c1-24(2,3)42-23(39)36-38(22(43)35-17-5-7-18(8-6-17)41-13-26(31,32)21(29)30)12-25(40,11-37-15-33-14-34-37)19-9-4-16(27)10-20(19)28/h4-10,14-15,21,40H,11-13H2,1-3H3,(H,35,43)(H,36,39)/t25-/m1/s1. The largest absolute Gasteiger partial charge is 0.487 e. The van der Waals surface area contributed by atoms with Crippen LogP contribution >= 0.6 is 12.2 Å². The number of rotatable bonds is 10. The number of ether oxygens (including phenoxy) is 2. The summed E-state index contributed by atoms with van der Waals surface area (Å²) in [6, 6.07) is 7.57. The average molecular weight is 635 g/mol. The molecule has 3 N–H and O–H groups in total. The van der Waals surface area contributed by atoms with E-state index in [0.29, 0.717) is 6.07 Å². The van der Waals surface area contributed by atoms with Gasteiger partial charge in [-0.3, -0.25) is 5.01 Å². The Hall–Kier alpha value is -4.12. The Labute approximate surface area is 247 Å². The normalized spacial score (nSPS) is 13.3. The summed E-state index contributed by atoms with van der Waals surface area (Å²) in [4.78, 5) is 16.5. The van der Waals surface area contributed by atoms with E-state index in [0.717, 1.165) is 17.1 Å². The Kier molecular flexibility index (Phi) is 10.4. The Morgan fingerprint density at radius 2 is 1.81 bits per heavy atom. The van der Waals surface area contributed by atoms with Gasteiger partial charge < -0.3 is 19.9 Å². The summed E-state index contributed by atoms with van der Waals surface area (Å²) in [7, 11) is 0. The van der Waals surface area contributed by atoms with Gasteiger partial charge in [-0.1, -0.05) is 6.07 Å². The van der Waals surface area contributed by atoms with Crippen LogP contribution in [0.2, 0.25) is 0 Å². The molecule has 0 spiro atoms. The van der Waals surface area contributed by atoms with E-state index >= 15 is 0 Å². The predicted molar refractivity (Wildman–Crippen MR) is 145 cm³/mol. The topological polar surface area (TPSA) is 114 Å². The van der Waals surface area contributed by atoms with Gasteiger partial charge >= 0.3 is 18.4 Å². The lowest BCUT2D eigenvalue weighted by Crippen LogP contribution is -2.56. The number of amides is 1. The zero-order valence-electron chi connectivity index (χ0n) is 23.0. The highest BCUT2D eigenvalue weighted by Gasteiger charge is 2.42. The number of nitrogens with zero attached hydrogens (tertiary/aromatic N) is 4. The van der Waals surface area contributed by atoms with Crippen LogP contribution in [0.25, 0.3) is 0 Å². The molecular weight excluding hydrogens is 606 g/mol. The number of carbonyl (C=O) groups is 1. The van der Waals surface area contributed by atoms with Crippen LogP contribution in [-0.2, 0) is 16.9 Å². The third kappa shape index (κ3) is 9.71. The van der Waals surface area contributed by atoms with Gasteiger partial charge in [-0.25, -0.2) is 37.4 Å². The average Bonchev–Trinajstić information content (AvgIpc) is 3.39. The number of benzene rings is 2. The van der Waals surface area contributed by atoms with Gasteiger partial charge in [-0.15, -0.1) is 0 Å². The molecule has 0 aliphatic rings. The number of anilines is 1. The third-order valence-corrected chi connectivity index (χ3v) is 5.79. The van der Waals surface area contributed by atoms with Gasteiger partial charge in [0.2, 0.25) is 0 Å². The first-order chi connectivity index (χ1) is 20.0. The quantitative estimate of drug-likeness (QED) is 0.164. The smallest absolute Gasteiger partial charge is 0.426 e. The van der Waals surface area contributed by atoms with Gasteiger partial charge in [0.15, 0.2) is 11.7 Å². The third-order valence-electron chi connectivity index (χ3n) is 5.47. The Morgan fingerprint density at radius 3 is 2.37 bits per heavy atom. The summed E-state index contributed by atoms with van der Waals surface area (Å²) >= 11 is 5.43. The van der Waals surface area contributed by atoms with E-state index in [2.05, 4.69) is 20.8 Å². The zero-order valence-corrected chi connectivity index (χ0v) is 23.8. The maximum absolute atomic E-state index is 15.0. The lowest BCUT2D eigenvalue weighted by Gasteiger charge is -2.36. The molecule has 1 heterocycles. The molecule has 10 nitrogen and oxygen atoms in total. The summed E-state index contributed by atoms with van der Waals surface area (Å²) in [6.07, 6.45) is -2.48. The minimum absolute atomic E-state index is 0.144. The molecule has 3 aromatic rings. The molecule has 0 unspecified atom stereocenters. The van der Waals surface area contributed by atoms with Gasteiger partial charge in [-0.2, -0.15) is 13.9 Å². The molecule has 0 fully saturated rings. The number of hydrazine groups is 1. The van der Waals surface area contributed by atoms with Crippen molar-refractivity contribution in [2.75, 3.05) is 18.5 Å². The first-order valence-electron chi connectivity index (χ1n) is 12.4. The number of hydrogen-bond acceptors (Lipinski definition) is 7. The van der Waals surface area contributed by atoms with Crippen molar-refractivity contribution in [3.05, 3.63) is 72.3 Å². The molecule has 0 saturated carbocycles. The Balaban J connectivity index is 1.88. The number of nitrogens with one attached hydrogen (secondary N) is 2. The van der Waals surface area contributed by atoms with Crippen LogP contribution in [0.1, 0.15) is 26.3 Å². The number of alkyl halides is 4. The molecule has 17 heteroatoms. The van der Waals surface area contributed by atoms with Gasteiger partial charge in [0, 0.05) is 17.3 Å². The van der Waals surface area contributed by atoms with Crippen molar-refractivity contribution < 1.29 is 45.7 Å². The summed E-state index contributed by atoms with van der Waals surface area (Å²) in [6.45, 7) is 2.20. The molecule has 0 aliphatic heterocycles. The van der Waals surface area contributed by atoms with Gasteiger partial charge in [0.05, 0.1) is 13.1 Å². The molecule has 0 aliphatic carbocycles. The van der Waals surface area contributed by atoms with E-state index in [9.17, 15) is 36.2 Å². The van der Waals surface area contributed by atoms with Crippen molar-refractivity contribution in [2.45, 2.75) is 50.9 Å². The monoisotopic (exact) mass is 634 g/mol. The highest BCUT2D eigenvalue weighted by atomic mass is 32.1. The fourth-order valence-corrected chi connectivity index (χ4v) is 3.80. The summed E-state index contributed by atoms with van der Waals surface area (Å²) in [5.74, 6) is -6.48. The molecule has 3 rings (SSSR count). The highest BCUT2D eigenvalue weighted by molar-refractivity contribution is 7.80. The molecule has 1 amide bonds. The number of hydrogen-bond donors (Lipinski definition) is 3. The van der Waals surface area contributed by atoms with Crippen LogP contribution in [-0.4, -0.2) is 67.2 Å². The predicted octanol–water partition coefficient (Wildman–Crippen LogP) is 4.86. The number of thiocarbonyl (C=S) groups is 1. The van der Waals surface area contributed by atoms with Crippen molar-refractivity contribution in [3.8, 4) is 5.75 Å². The van der Waals surface area contributed by atoms with Crippen molar-refractivity contribution in [3.63, 3.8) is 0 Å². The van der Waals surface area contributed by atoms with Crippen molar-refractivity contribution in [2.24, 2.45) is 0 Å². The molecular formula is C26H28F6N6O4S. The van der Waals surface area contributed by atoms with Gasteiger partial charge in [-0.05, 0) is 63.3 Å². The molecule has 1 aromatic heterocycles. The second kappa shape index (κ2) is 13.5. The molecule has 1 atom stereocenters. The van der Waals surface area contributed by atoms with Crippen LogP contribution in [0.5, 0.6) is 5.75 Å². The minimum Gasteiger partial charge on any atom is -0.487 e. The first-order valence-corrected chi connectivity index (χ1v) is 12.9. The summed E-state index contributed by atoms with van der Waals surface area (Å²) < 4.78 is 91.0. The van der Waals surface area contributed by atoms with Crippen LogP contribution in [0.3, 0.4) is 0 Å². The fourth-order valence-electron chi connectivity index (χ4n) is 3.57. The van der Waals surface area contributed by atoms with E-state index in [-0.39, 0.29) is 22.1 Å². The van der Waals surface area contributed by atoms with Crippen LogP contribution in [0, 0.1) is 11.6 Å². The summed E-state index contributed by atoms with van der Waals surface area (Å²) in [5, 5.41) is 19.1. The number of aromatic nitrogens is 3. The van der Waals surface area contributed by atoms with E-state index < -0.39 is 61.0 Å². The molecule has 0 bridgehead atoms. The van der Waals surface area contributed by atoms with Gasteiger partial charge in [0.25, 0.3) is 0 Å². The van der Waals surface area contributed by atoms with Crippen LogP contribution in [0.15, 0.2) is 55.1 Å². The lowest BCUT2D eigenvalue weighted by molar-refractivity contribution is -0.148. The maximum Gasteiger partial charge on any atom is 0.426 e. The second-order valence-electron chi connectivity index (χ2n) is 10.3. The number of halogens is 6. The number of carbonyl (C=O) groups excluding carboxylic acids is 1. The maximum atomic E-state index is 15.0. The summed E-state index contributed by atoms with van der Waals surface area (Å²) in [5.41, 5.74) is -0.908. The Morgan fingerprint density at radius 1 is 1.14 bits per heavy atom. The lowest BCUT2D eigenvalue weighted by atomic mass is 9.92. The van der Waals surface area contributed by atoms with E-state index in [1.54, 1.807) is 20.8 Å². The minimum atomic E-state index is -4.35. The molecule has 234 valence electrons. The van der Waals surface area contributed by atoms with Crippen molar-refractivity contribution in [1.82, 2.24) is 25.2 Å². The first kappa shape index (κ1) is 33.4. The number of aliphatic hydroxyl groups is 1. The SMILES string of the molecule is CC(C)(C)OC(=O)NN(C[C@](O)(Cn1cncn1)c1ccc(F)cc1F)C(=S)Nc1ccc(OCC(F)(F)C(F)F)cc1. The molecule has 43 heavy (non-hydrogen) atoms. The van der Waals surface area contributed by atoms with Crippen LogP contribution in [0.4, 0.5) is 36.8 Å². The zero-order chi connectivity index (χ0) is 32.0. The van der Waals surface area contributed by atoms with Crippen LogP contribution < -0.4 is 15.5 Å². The van der Waals surface area contributed by atoms with E-state index in [1.807, 2.05) is 0 Å². The fraction of sp³-hybridized carbons (Fsp3) is 0.385. The van der Waals surface area contributed by atoms with E-state index in [1.165, 1.54) is 41.6 Å². The molecule has 0 saturated heterocycles. The molecule has 2 aromatic carbocycles.